The molecule has 0 fully saturated rings. The maximum Gasteiger partial charge on any atom is 0.223 e. The van der Waals surface area contributed by atoms with Crippen LogP contribution in [0.2, 0.25) is 0 Å². The van der Waals surface area contributed by atoms with Crippen molar-refractivity contribution in [1.82, 2.24) is 5.32 Å². The fraction of sp³-hybridized carbons (Fsp3) is 0.750. The maximum atomic E-state index is 13.1. The first kappa shape index (κ1) is 14.1. The Bertz CT molecular complexity index is 232. The van der Waals surface area contributed by atoms with Gasteiger partial charge in [-0.25, -0.2) is 4.39 Å². The van der Waals surface area contributed by atoms with Crippen molar-refractivity contribution in [1.29, 1.82) is 0 Å². The van der Waals surface area contributed by atoms with E-state index in [1.165, 1.54) is 0 Å². The molecule has 0 aromatic carbocycles. The summed E-state index contributed by atoms with van der Waals surface area (Å²) in [4.78, 5) is 11.6. The summed E-state index contributed by atoms with van der Waals surface area (Å²) in [5.41, 5.74) is 0.624. The molecule has 0 radical (unpaired) electrons. The molecule has 0 aliphatic carbocycles. The predicted octanol–water partition coefficient (Wildman–Crippen LogP) is 3.19. The van der Waals surface area contributed by atoms with Gasteiger partial charge in [-0.1, -0.05) is 20.3 Å². The number of hydrogen-bond donors (Lipinski definition) is 1. The van der Waals surface area contributed by atoms with Gasteiger partial charge in [0.1, 0.15) is 5.83 Å². The molecule has 0 aromatic heterocycles. The molecule has 0 spiro atoms. The lowest BCUT2D eigenvalue weighted by Gasteiger charge is -2.13. The molecule has 0 heterocycles. The summed E-state index contributed by atoms with van der Waals surface area (Å²) in [6.45, 7) is 7.46. The van der Waals surface area contributed by atoms with Gasteiger partial charge in [0.2, 0.25) is 5.91 Å². The standard InChI is InChI=1S/C12H22FNO/c1-5-7-10(6-2)12(15)14-8-11(13)9(3)4/h10H,5-8H2,1-4H3,(H,14,15). The SMILES string of the molecule is CCCC(CC)C(=O)NCC(F)=C(C)C. The van der Waals surface area contributed by atoms with Crippen LogP contribution in [0.4, 0.5) is 4.39 Å². The van der Waals surface area contributed by atoms with Crippen LogP contribution in [0, 0.1) is 5.92 Å². The van der Waals surface area contributed by atoms with Crippen molar-refractivity contribution in [2.75, 3.05) is 6.54 Å². The number of amides is 1. The predicted molar refractivity (Wildman–Crippen MR) is 61.2 cm³/mol. The molecule has 1 unspecified atom stereocenters. The van der Waals surface area contributed by atoms with Gasteiger partial charge in [0.25, 0.3) is 0 Å². The van der Waals surface area contributed by atoms with E-state index >= 15 is 0 Å². The summed E-state index contributed by atoms with van der Waals surface area (Å²) in [6.07, 6.45) is 2.67. The van der Waals surface area contributed by atoms with Gasteiger partial charge in [0.05, 0.1) is 6.54 Å². The van der Waals surface area contributed by atoms with E-state index < -0.39 is 0 Å². The maximum absolute atomic E-state index is 13.1. The summed E-state index contributed by atoms with van der Waals surface area (Å²) < 4.78 is 13.1. The van der Waals surface area contributed by atoms with Gasteiger partial charge < -0.3 is 5.32 Å². The second-order valence-corrected chi connectivity index (χ2v) is 4.02. The highest BCUT2D eigenvalue weighted by Crippen LogP contribution is 2.11. The van der Waals surface area contributed by atoms with Gasteiger partial charge in [-0.15, -0.1) is 0 Å². The Labute approximate surface area is 91.9 Å². The molecular weight excluding hydrogens is 193 g/mol. The van der Waals surface area contributed by atoms with Gasteiger partial charge in [0, 0.05) is 5.92 Å². The van der Waals surface area contributed by atoms with Crippen LogP contribution < -0.4 is 5.32 Å². The first-order valence-electron chi connectivity index (χ1n) is 5.62. The van der Waals surface area contributed by atoms with Crippen LogP contribution in [0.25, 0.3) is 0 Å². The smallest absolute Gasteiger partial charge is 0.223 e. The number of allylic oxidation sites excluding steroid dienone is 1. The van der Waals surface area contributed by atoms with Crippen LogP contribution in [0.5, 0.6) is 0 Å². The third-order valence-electron chi connectivity index (χ3n) is 2.46. The summed E-state index contributed by atoms with van der Waals surface area (Å²) in [6, 6.07) is 0. The van der Waals surface area contributed by atoms with Crippen molar-refractivity contribution in [2.45, 2.75) is 47.0 Å². The quantitative estimate of drug-likeness (QED) is 0.724. The average Bonchev–Trinajstić information content (AvgIpc) is 2.21. The van der Waals surface area contributed by atoms with Crippen molar-refractivity contribution in [2.24, 2.45) is 5.92 Å². The van der Waals surface area contributed by atoms with Crippen LogP contribution in [0.1, 0.15) is 47.0 Å². The van der Waals surface area contributed by atoms with E-state index in [-0.39, 0.29) is 24.2 Å². The molecule has 3 heteroatoms. The minimum atomic E-state index is -0.241. The number of carbonyl (C=O) groups is 1. The van der Waals surface area contributed by atoms with E-state index in [0.29, 0.717) is 5.57 Å². The third kappa shape index (κ3) is 5.55. The molecule has 1 N–H and O–H groups in total. The fourth-order valence-corrected chi connectivity index (χ4v) is 1.35. The summed E-state index contributed by atoms with van der Waals surface area (Å²) >= 11 is 0. The van der Waals surface area contributed by atoms with Crippen LogP contribution in [0.15, 0.2) is 11.4 Å². The van der Waals surface area contributed by atoms with Gasteiger partial charge in [-0.05, 0) is 32.3 Å². The molecule has 0 saturated carbocycles. The molecule has 0 aliphatic rings. The van der Waals surface area contributed by atoms with Gasteiger partial charge in [-0.3, -0.25) is 4.79 Å². The lowest BCUT2D eigenvalue weighted by Crippen LogP contribution is -2.31. The zero-order valence-corrected chi connectivity index (χ0v) is 10.2. The van der Waals surface area contributed by atoms with E-state index in [4.69, 9.17) is 0 Å². The van der Waals surface area contributed by atoms with Gasteiger partial charge in [-0.2, -0.15) is 0 Å². The van der Waals surface area contributed by atoms with E-state index in [9.17, 15) is 9.18 Å². The Kier molecular flexibility index (Phi) is 7.01. The van der Waals surface area contributed by atoms with Crippen molar-refractivity contribution in [3.63, 3.8) is 0 Å². The molecule has 1 amide bonds. The van der Waals surface area contributed by atoms with Crippen molar-refractivity contribution >= 4 is 5.91 Å². The largest absolute Gasteiger partial charge is 0.349 e. The number of hydrogen-bond acceptors (Lipinski definition) is 1. The number of halogens is 1. The molecule has 88 valence electrons. The molecule has 1 atom stereocenters. The molecule has 0 aliphatic heterocycles. The average molecular weight is 215 g/mol. The highest BCUT2D eigenvalue weighted by molar-refractivity contribution is 5.78. The minimum absolute atomic E-state index is 0.0277. The molecular formula is C12H22FNO. The normalized spacial score (nSPS) is 12.1. The van der Waals surface area contributed by atoms with Crippen molar-refractivity contribution in [3.8, 4) is 0 Å². The van der Waals surface area contributed by atoms with E-state index in [2.05, 4.69) is 5.32 Å². The first-order valence-corrected chi connectivity index (χ1v) is 5.62. The summed E-state index contributed by atoms with van der Waals surface area (Å²) in [7, 11) is 0. The lowest BCUT2D eigenvalue weighted by molar-refractivity contribution is -0.125. The molecule has 15 heavy (non-hydrogen) atoms. The Hall–Kier alpha value is -0.860. The Morgan fingerprint density at radius 3 is 2.33 bits per heavy atom. The highest BCUT2D eigenvalue weighted by atomic mass is 19.1. The Morgan fingerprint density at radius 2 is 1.93 bits per heavy atom. The fourth-order valence-electron chi connectivity index (χ4n) is 1.35. The molecule has 0 saturated heterocycles. The van der Waals surface area contributed by atoms with Crippen molar-refractivity contribution in [3.05, 3.63) is 11.4 Å². The number of carbonyl (C=O) groups excluding carboxylic acids is 1. The van der Waals surface area contributed by atoms with E-state index in [0.717, 1.165) is 19.3 Å². The molecule has 0 aromatic rings. The number of rotatable bonds is 6. The van der Waals surface area contributed by atoms with Crippen molar-refractivity contribution < 1.29 is 9.18 Å². The molecule has 2 nitrogen and oxygen atoms in total. The highest BCUT2D eigenvalue weighted by Gasteiger charge is 2.15. The summed E-state index contributed by atoms with van der Waals surface area (Å²) in [5, 5.41) is 2.63. The molecule has 0 bridgehead atoms. The van der Waals surface area contributed by atoms with Gasteiger partial charge in [0.15, 0.2) is 0 Å². The second kappa shape index (κ2) is 7.43. The van der Waals surface area contributed by atoms with Crippen LogP contribution in [-0.4, -0.2) is 12.5 Å². The number of nitrogens with one attached hydrogen (secondary N) is 1. The lowest BCUT2D eigenvalue weighted by atomic mass is 10.00. The molecule has 0 rings (SSSR count). The van der Waals surface area contributed by atoms with E-state index in [1.807, 2.05) is 13.8 Å². The van der Waals surface area contributed by atoms with Crippen LogP contribution >= 0.6 is 0 Å². The van der Waals surface area contributed by atoms with Crippen LogP contribution in [0.3, 0.4) is 0 Å². The summed E-state index contributed by atoms with van der Waals surface area (Å²) in [5.74, 6) is -0.245. The Balaban J connectivity index is 4.07. The van der Waals surface area contributed by atoms with Crippen LogP contribution in [-0.2, 0) is 4.79 Å². The topological polar surface area (TPSA) is 29.1 Å². The monoisotopic (exact) mass is 215 g/mol. The zero-order chi connectivity index (χ0) is 11.8. The third-order valence-corrected chi connectivity index (χ3v) is 2.46. The van der Waals surface area contributed by atoms with E-state index in [1.54, 1.807) is 13.8 Å². The first-order chi connectivity index (χ1) is 7.02. The zero-order valence-electron chi connectivity index (χ0n) is 10.2. The van der Waals surface area contributed by atoms with Gasteiger partial charge >= 0.3 is 0 Å². The minimum Gasteiger partial charge on any atom is -0.349 e. The Morgan fingerprint density at radius 1 is 1.33 bits per heavy atom. The second-order valence-electron chi connectivity index (χ2n) is 4.02.